The topological polar surface area (TPSA) is 71.4 Å². The third kappa shape index (κ3) is 8.62. The van der Waals surface area contributed by atoms with E-state index in [2.05, 4.69) is 10.8 Å². The molecular formula is C30H41NO5. The molecule has 0 bridgehead atoms. The zero-order chi connectivity index (χ0) is 25.8. The highest BCUT2D eigenvalue weighted by molar-refractivity contribution is 5.39. The molecule has 2 atom stereocenters. The number of rotatable bonds is 15. The molecule has 0 aromatic heterocycles. The first-order valence-electron chi connectivity index (χ1n) is 13.0. The van der Waals surface area contributed by atoms with E-state index in [-0.39, 0.29) is 12.6 Å². The third-order valence-electron chi connectivity index (χ3n) is 6.48. The zero-order valence-electron chi connectivity index (χ0n) is 21.7. The maximum absolute atomic E-state index is 11.2. The van der Waals surface area contributed by atoms with E-state index in [0.29, 0.717) is 26.2 Å². The molecule has 6 nitrogen and oxygen atoms in total. The maximum Gasteiger partial charge on any atom is 0.205 e. The van der Waals surface area contributed by atoms with Gasteiger partial charge < -0.3 is 24.4 Å². The fourth-order valence-corrected chi connectivity index (χ4v) is 4.48. The lowest BCUT2D eigenvalue weighted by atomic mass is 10.0. The van der Waals surface area contributed by atoms with Crippen molar-refractivity contribution >= 4 is 0 Å². The van der Waals surface area contributed by atoms with Crippen LogP contribution < -0.4 is 4.74 Å². The van der Waals surface area contributed by atoms with Gasteiger partial charge in [-0.2, -0.15) is 0 Å². The van der Waals surface area contributed by atoms with Crippen LogP contribution in [0.2, 0.25) is 0 Å². The van der Waals surface area contributed by atoms with Gasteiger partial charge in [-0.15, -0.1) is 12.3 Å². The highest BCUT2D eigenvalue weighted by Crippen LogP contribution is 2.33. The standard InChI is InChI=1S/C30H41NO5/c1-4-5-18-34-19-12-7-6-11-17-31(27(22-32)24-13-9-8-10-14-24)21-28(33)25-15-16-29-26(20-25)23-35-30(2,3)36-29/h1,8-10,13-16,20,27-28,32-33H,5-7,11-12,17-19,21-23H2,2-3H3/t27-,28+/m1/s1. The molecule has 2 aromatic rings. The van der Waals surface area contributed by atoms with Gasteiger partial charge in [-0.05, 0) is 42.6 Å². The summed E-state index contributed by atoms with van der Waals surface area (Å²) in [4.78, 5) is 2.19. The summed E-state index contributed by atoms with van der Waals surface area (Å²) in [5.74, 6) is 2.72. The predicted octanol–water partition coefficient (Wildman–Crippen LogP) is 5.00. The number of hydrogen-bond acceptors (Lipinski definition) is 6. The molecule has 1 aliphatic rings. The molecule has 0 saturated carbocycles. The summed E-state index contributed by atoms with van der Waals surface area (Å²) >= 11 is 0. The fourth-order valence-electron chi connectivity index (χ4n) is 4.48. The number of aliphatic hydroxyl groups excluding tert-OH is 2. The molecule has 6 heteroatoms. The van der Waals surface area contributed by atoms with Gasteiger partial charge in [0.15, 0.2) is 0 Å². The summed E-state index contributed by atoms with van der Waals surface area (Å²) in [6.07, 6.45) is 9.31. The van der Waals surface area contributed by atoms with Crippen LogP contribution in [-0.2, 0) is 16.1 Å². The lowest BCUT2D eigenvalue weighted by Gasteiger charge is -2.34. The molecule has 0 saturated heterocycles. The Morgan fingerprint density at radius 1 is 1.06 bits per heavy atom. The van der Waals surface area contributed by atoms with Crippen molar-refractivity contribution in [1.29, 1.82) is 0 Å². The van der Waals surface area contributed by atoms with Gasteiger partial charge in [-0.1, -0.05) is 49.2 Å². The van der Waals surface area contributed by atoms with E-state index in [4.69, 9.17) is 20.6 Å². The SMILES string of the molecule is C#CCCOCCCCCCN(C[C@H](O)c1ccc2c(c1)COC(C)(C)O2)[C@H](CO)c1ccccc1. The van der Waals surface area contributed by atoms with Gasteiger partial charge in [0.05, 0.1) is 32.0 Å². The molecule has 2 N–H and O–H groups in total. The van der Waals surface area contributed by atoms with Gasteiger partial charge in [0, 0.05) is 39.0 Å². The first-order chi connectivity index (χ1) is 17.4. The van der Waals surface area contributed by atoms with Crippen molar-refractivity contribution in [2.75, 3.05) is 32.9 Å². The summed E-state index contributed by atoms with van der Waals surface area (Å²) in [6, 6.07) is 15.6. The van der Waals surface area contributed by atoms with Crippen LogP contribution in [0.3, 0.4) is 0 Å². The van der Waals surface area contributed by atoms with Crippen molar-refractivity contribution in [2.24, 2.45) is 0 Å². The number of aliphatic hydroxyl groups is 2. The minimum atomic E-state index is -0.701. The zero-order valence-corrected chi connectivity index (χ0v) is 21.7. The van der Waals surface area contributed by atoms with Crippen molar-refractivity contribution < 1.29 is 24.4 Å². The highest BCUT2D eigenvalue weighted by Gasteiger charge is 2.28. The molecule has 0 spiro atoms. The number of nitrogens with zero attached hydrogens (tertiary/aromatic N) is 1. The van der Waals surface area contributed by atoms with E-state index < -0.39 is 11.9 Å². The molecule has 0 aliphatic carbocycles. The minimum Gasteiger partial charge on any atom is -0.463 e. The molecule has 0 fully saturated rings. The number of hydrogen-bond donors (Lipinski definition) is 2. The predicted molar refractivity (Wildman–Crippen MR) is 141 cm³/mol. The Morgan fingerprint density at radius 2 is 1.83 bits per heavy atom. The van der Waals surface area contributed by atoms with E-state index in [1.54, 1.807) is 0 Å². The average Bonchev–Trinajstić information content (AvgIpc) is 2.87. The Hall–Kier alpha value is -2.40. The van der Waals surface area contributed by atoms with Crippen LogP contribution in [0.5, 0.6) is 5.75 Å². The molecule has 196 valence electrons. The third-order valence-corrected chi connectivity index (χ3v) is 6.48. The summed E-state index contributed by atoms with van der Waals surface area (Å²) in [7, 11) is 0. The Balaban J connectivity index is 1.61. The fraction of sp³-hybridized carbons (Fsp3) is 0.533. The van der Waals surface area contributed by atoms with Crippen LogP contribution in [0.4, 0.5) is 0 Å². The minimum absolute atomic E-state index is 0.0132. The van der Waals surface area contributed by atoms with Gasteiger partial charge >= 0.3 is 0 Å². The first-order valence-corrected chi connectivity index (χ1v) is 13.0. The lowest BCUT2D eigenvalue weighted by Crippen LogP contribution is -2.36. The Kier molecular flexibility index (Phi) is 11.2. The van der Waals surface area contributed by atoms with Crippen LogP contribution in [0.25, 0.3) is 0 Å². The highest BCUT2D eigenvalue weighted by atomic mass is 16.7. The molecule has 0 radical (unpaired) electrons. The van der Waals surface area contributed by atoms with E-state index in [0.717, 1.165) is 61.3 Å². The van der Waals surface area contributed by atoms with E-state index in [1.165, 1.54) is 0 Å². The molecular weight excluding hydrogens is 454 g/mol. The van der Waals surface area contributed by atoms with E-state index in [9.17, 15) is 10.2 Å². The second kappa shape index (κ2) is 14.4. The first kappa shape index (κ1) is 28.2. The van der Waals surface area contributed by atoms with E-state index in [1.807, 2.05) is 62.4 Å². The molecule has 0 amide bonds. The number of benzene rings is 2. The van der Waals surface area contributed by atoms with Crippen molar-refractivity contribution in [1.82, 2.24) is 4.90 Å². The average molecular weight is 496 g/mol. The summed E-state index contributed by atoms with van der Waals surface area (Å²) < 4.78 is 17.2. The van der Waals surface area contributed by atoms with Crippen LogP contribution >= 0.6 is 0 Å². The summed E-state index contributed by atoms with van der Waals surface area (Å²) in [5.41, 5.74) is 2.80. The summed E-state index contributed by atoms with van der Waals surface area (Å²) in [6.45, 7) is 6.76. The molecule has 1 aliphatic heterocycles. The van der Waals surface area contributed by atoms with E-state index >= 15 is 0 Å². The second-order valence-electron chi connectivity index (χ2n) is 9.76. The number of unbranched alkanes of at least 4 members (excludes halogenated alkanes) is 3. The molecule has 3 rings (SSSR count). The van der Waals surface area contributed by atoms with Crippen molar-refractivity contribution in [2.45, 2.75) is 70.5 Å². The second-order valence-corrected chi connectivity index (χ2v) is 9.76. The Morgan fingerprint density at radius 3 is 2.58 bits per heavy atom. The number of terminal acetylenes is 1. The van der Waals surface area contributed by atoms with Gasteiger partial charge in [0.25, 0.3) is 0 Å². The smallest absolute Gasteiger partial charge is 0.205 e. The van der Waals surface area contributed by atoms with Crippen LogP contribution in [-0.4, -0.2) is 53.8 Å². The Bertz CT molecular complexity index is 956. The molecule has 0 unspecified atom stereocenters. The number of ether oxygens (including phenoxy) is 3. The summed E-state index contributed by atoms with van der Waals surface area (Å²) in [5, 5.41) is 21.5. The molecule has 2 aromatic carbocycles. The van der Waals surface area contributed by atoms with Crippen LogP contribution in [0.15, 0.2) is 48.5 Å². The Labute approximate surface area is 216 Å². The van der Waals surface area contributed by atoms with Crippen LogP contribution in [0.1, 0.15) is 74.8 Å². The molecule has 1 heterocycles. The maximum atomic E-state index is 11.2. The van der Waals surface area contributed by atoms with Crippen molar-refractivity contribution in [3.8, 4) is 18.1 Å². The largest absolute Gasteiger partial charge is 0.463 e. The van der Waals surface area contributed by atoms with Crippen molar-refractivity contribution in [3.05, 3.63) is 65.2 Å². The van der Waals surface area contributed by atoms with Crippen molar-refractivity contribution in [3.63, 3.8) is 0 Å². The molecule has 36 heavy (non-hydrogen) atoms. The van der Waals surface area contributed by atoms with Gasteiger partial charge in [-0.3, -0.25) is 4.90 Å². The van der Waals surface area contributed by atoms with Gasteiger partial charge in [0.2, 0.25) is 5.79 Å². The van der Waals surface area contributed by atoms with Gasteiger partial charge in [0.1, 0.15) is 5.75 Å². The lowest BCUT2D eigenvalue weighted by molar-refractivity contribution is -0.180. The van der Waals surface area contributed by atoms with Crippen LogP contribution in [0, 0.1) is 12.3 Å². The monoisotopic (exact) mass is 495 g/mol. The van der Waals surface area contributed by atoms with Gasteiger partial charge in [-0.25, -0.2) is 0 Å². The quantitative estimate of drug-likeness (QED) is 0.268. The number of fused-ring (bicyclic) bond motifs is 1. The normalized spacial score (nSPS) is 16.1.